The fraction of sp³-hybridized carbons (Fsp3) is 0.281. The zero-order chi connectivity index (χ0) is 31.7. The molecule has 12 heteroatoms. The number of esters is 2. The number of ether oxygens (including phenoxy) is 2. The molecule has 5 rings (SSSR count). The third-order valence-corrected chi connectivity index (χ3v) is 7.63. The molecule has 0 bridgehead atoms. The van der Waals surface area contributed by atoms with E-state index >= 15 is 4.39 Å². The van der Waals surface area contributed by atoms with Gasteiger partial charge in [-0.15, -0.1) is 0 Å². The molecule has 1 heterocycles. The van der Waals surface area contributed by atoms with Gasteiger partial charge < -0.3 is 14.8 Å². The Morgan fingerprint density at radius 1 is 1.07 bits per heavy atom. The minimum absolute atomic E-state index is 0.00000919. The van der Waals surface area contributed by atoms with Crippen molar-refractivity contribution in [1.82, 2.24) is 0 Å². The van der Waals surface area contributed by atoms with Gasteiger partial charge in [0.2, 0.25) is 5.91 Å². The third kappa shape index (κ3) is 6.32. The third-order valence-electron chi connectivity index (χ3n) is 7.63. The topological polar surface area (TPSA) is 111 Å². The number of cyclic esters (lactones) is 1. The number of carbonyl (C=O) groups excluding carboxylic acids is 3. The van der Waals surface area contributed by atoms with Crippen LogP contribution in [0.4, 0.5) is 23.2 Å². The number of fused-ring (bicyclic) bond motifs is 1. The van der Waals surface area contributed by atoms with Crippen LogP contribution in [0, 0.1) is 28.0 Å². The number of hydrogen-bond acceptors (Lipinski definition) is 7. The smallest absolute Gasteiger partial charge is 0.416 e. The zero-order valence-electron chi connectivity index (χ0n) is 23.2. The highest BCUT2D eigenvalue weighted by Gasteiger charge is 2.54. The van der Waals surface area contributed by atoms with Crippen molar-refractivity contribution in [1.29, 1.82) is 0 Å². The van der Waals surface area contributed by atoms with E-state index in [1.54, 1.807) is 0 Å². The van der Waals surface area contributed by atoms with Crippen LogP contribution in [0.25, 0.3) is 0 Å². The summed E-state index contributed by atoms with van der Waals surface area (Å²) in [5.74, 6) is 3.20. The Morgan fingerprint density at radius 2 is 1.80 bits per heavy atom. The van der Waals surface area contributed by atoms with Crippen LogP contribution in [0.3, 0.4) is 0 Å². The number of alkyl halides is 3. The summed E-state index contributed by atoms with van der Waals surface area (Å²) in [4.78, 5) is 48.9. The van der Waals surface area contributed by atoms with E-state index in [0.717, 1.165) is 12.1 Å². The lowest BCUT2D eigenvalue weighted by Crippen LogP contribution is -2.41. The fourth-order valence-corrected chi connectivity index (χ4v) is 5.26. The van der Waals surface area contributed by atoms with Gasteiger partial charge in [-0.25, -0.2) is 9.18 Å². The number of anilines is 1. The summed E-state index contributed by atoms with van der Waals surface area (Å²) in [7, 11) is 0. The predicted molar refractivity (Wildman–Crippen MR) is 149 cm³/mol. The first-order valence-corrected chi connectivity index (χ1v) is 13.4. The molecule has 1 aliphatic heterocycles. The highest BCUT2D eigenvalue weighted by molar-refractivity contribution is 5.99. The normalized spacial score (nSPS) is 16.0. The van der Waals surface area contributed by atoms with Gasteiger partial charge in [0.05, 0.1) is 11.1 Å². The number of hydrogen-bond donors (Lipinski definition) is 1. The number of rotatable bonds is 8. The molecule has 1 N–H and O–H groups in total. The number of carbonyl (C=O) groups is 3. The Kier molecular flexibility index (Phi) is 7.99. The quantitative estimate of drug-likeness (QED) is 0.106. The summed E-state index contributed by atoms with van der Waals surface area (Å²) in [6.45, 7) is 0.548. The van der Waals surface area contributed by atoms with E-state index in [9.17, 15) is 32.5 Å². The molecule has 3 aromatic rings. The molecule has 1 saturated carbocycles. The van der Waals surface area contributed by atoms with E-state index in [-0.39, 0.29) is 42.9 Å². The predicted octanol–water partition coefficient (Wildman–Crippen LogP) is 6.31. The van der Waals surface area contributed by atoms with E-state index in [4.69, 9.17) is 9.47 Å². The molecular formula is C32H24F4N2O6. The molecule has 8 nitrogen and oxygen atoms in total. The van der Waals surface area contributed by atoms with Gasteiger partial charge in [0.1, 0.15) is 30.1 Å². The molecular weight excluding hydrogens is 584 g/mol. The summed E-state index contributed by atoms with van der Waals surface area (Å²) in [5.41, 5.74) is -2.92. The molecule has 0 spiro atoms. The second-order valence-electron chi connectivity index (χ2n) is 10.8. The summed E-state index contributed by atoms with van der Waals surface area (Å²) >= 11 is 0. The Morgan fingerprint density at radius 3 is 2.43 bits per heavy atom. The van der Waals surface area contributed by atoms with E-state index in [0.29, 0.717) is 22.8 Å². The Hall–Kier alpha value is -5.05. The molecule has 226 valence electrons. The summed E-state index contributed by atoms with van der Waals surface area (Å²) in [6, 6.07) is 12.5. The lowest BCUT2D eigenvalue weighted by molar-refractivity contribution is -0.137. The number of benzene rings is 3. The molecule has 1 aliphatic carbocycles. The SMILES string of the molecule is CC(=O)Oc1ccc(C#CC(CN=O)(CC2(c3cc(C(F)(F)F)ccc3F)CC2)C(=O)Nc2ccc3c(c2)COC3=O)cc1. The Labute approximate surface area is 248 Å². The van der Waals surface area contributed by atoms with Crippen molar-refractivity contribution in [3.63, 3.8) is 0 Å². The lowest BCUT2D eigenvalue weighted by Gasteiger charge is -2.30. The molecule has 1 atom stereocenters. The molecule has 1 fully saturated rings. The molecule has 0 aromatic heterocycles. The van der Waals surface area contributed by atoms with Gasteiger partial charge in [-0.2, -0.15) is 18.1 Å². The second kappa shape index (κ2) is 11.6. The van der Waals surface area contributed by atoms with Gasteiger partial charge >= 0.3 is 18.1 Å². The lowest BCUT2D eigenvalue weighted by atomic mass is 9.74. The monoisotopic (exact) mass is 608 g/mol. The van der Waals surface area contributed by atoms with Crippen molar-refractivity contribution in [2.75, 3.05) is 11.9 Å². The van der Waals surface area contributed by atoms with Gasteiger partial charge in [0, 0.05) is 29.2 Å². The number of halogens is 4. The van der Waals surface area contributed by atoms with Crippen LogP contribution in [0.2, 0.25) is 0 Å². The summed E-state index contributed by atoms with van der Waals surface area (Å²) in [5, 5.41) is 5.67. The van der Waals surface area contributed by atoms with Gasteiger partial charge in [-0.1, -0.05) is 17.0 Å². The van der Waals surface area contributed by atoms with Crippen LogP contribution >= 0.6 is 0 Å². The molecule has 2 aliphatic rings. The Bertz CT molecular complexity index is 1720. The van der Waals surface area contributed by atoms with Crippen LogP contribution < -0.4 is 10.1 Å². The number of nitrogens with zero attached hydrogens (tertiary/aromatic N) is 1. The molecule has 0 saturated heterocycles. The fourth-order valence-electron chi connectivity index (χ4n) is 5.26. The van der Waals surface area contributed by atoms with E-state index < -0.39 is 52.8 Å². The van der Waals surface area contributed by atoms with Crippen molar-refractivity contribution in [3.8, 4) is 17.6 Å². The molecule has 1 unspecified atom stereocenters. The second-order valence-corrected chi connectivity index (χ2v) is 10.8. The zero-order valence-corrected chi connectivity index (χ0v) is 23.2. The van der Waals surface area contributed by atoms with Gasteiger partial charge in [0.25, 0.3) is 0 Å². The molecule has 0 radical (unpaired) electrons. The maximum Gasteiger partial charge on any atom is 0.416 e. The molecule has 1 amide bonds. The standard InChI is InChI=1S/C32H24F4N2O6/c1-19(39)44-24-6-2-20(3-7-24)10-11-31(18-37-42,29(41)38-23-5-8-25-21(14-23)16-43-28(25)40)17-30(12-13-30)26-15-22(32(34,35)36)4-9-27(26)33/h2-9,14-15H,12-13,16-18H2,1H3,(H,38,41). The molecule has 44 heavy (non-hydrogen) atoms. The summed E-state index contributed by atoms with van der Waals surface area (Å²) in [6.07, 6.45) is -4.54. The van der Waals surface area contributed by atoms with Crippen molar-refractivity contribution < 1.29 is 41.4 Å². The van der Waals surface area contributed by atoms with Crippen molar-refractivity contribution in [2.45, 2.75) is 44.4 Å². The first-order valence-electron chi connectivity index (χ1n) is 13.4. The highest BCUT2D eigenvalue weighted by atomic mass is 19.4. The number of amides is 1. The first kappa shape index (κ1) is 30.4. The Balaban J connectivity index is 1.55. The number of nitrogens with one attached hydrogen (secondary N) is 1. The summed E-state index contributed by atoms with van der Waals surface area (Å²) < 4.78 is 65.7. The van der Waals surface area contributed by atoms with Crippen LogP contribution in [0.5, 0.6) is 5.75 Å². The minimum Gasteiger partial charge on any atom is -0.457 e. The van der Waals surface area contributed by atoms with Gasteiger partial charge in [-0.05, 0) is 85.5 Å². The van der Waals surface area contributed by atoms with Crippen molar-refractivity contribution >= 4 is 23.5 Å². The maximum absolute atomic E-state index is 15.1. The van der Waals surface area contributed by atoms with Crippen molar-refractivity contribution in [3.05, 3.63) is 99.2 Å². The number of nitroso groups, excluding NO2 is 1. The largest absolute Gasteiger partial charge is 0.457 e. The van der Waals surface area contributed by atoms with Crippen LogP contribution in [-0.4, -0.2) is 24.4 Å². The molecule has 3 aromatic carbocycles. The van der Waals surface area contributed by atoms with Crippen LogP contribution in [-0.2, 0) is 32.5 Å². The minimum atomic E-state index is -4.73. The first-order chi connectivity index (χ1) is 20.8. The van der Waals surface area contributed by atoms with E-state index in [1.165, 1.54) is 49.4 Å². The van der Waals surface area contributed by atoms with Crippen LogP contribution in [0.15, 0.2) is 65.8 Å². The van der Waals surface area contributed by atoms with Crippen LogP contribution in [0.1, 0.15) is 58.8 Å². The average molecular weight is 609 g/mol. The highest BCUT2D eigenvalue weighted by Crippen LogP contribution is 2.56. The van der Waals surface area contributed by atoms with Gasteiger partial charge in [-0.3, -0.25) is 9.59 Å². The average Bonchev–Trinajstić information content (AvgIpc) is 3.65. The van der Waals surface area contributed by atoms with E-state index in [1.807, 2.05) is 0 Å². The van der Waals surface area contributed by atoms with Crippen molar-refractivity contribution in [2.24, 2.45) is 10.6 Å². The van der Waals surface area contributed by atoms with E-state index in [2.05, 4.69) is 22.3 Å². The van der Waals surface area contributed by atoms with Gasteiger partial charge in [0.15, 0.2) is 0 Å². The maximum atomic E-state index is 15.1.